The Bertz CT molecular complexity index is 419. The first kappa shape index (κ1) is 17.4. The monoisotopic (exact) mass is 285 g/mol. The molecule has 0 saturated heterocycles. The largest absolute Gasteiger partial charge is 0.489 e. The standard InChI is InChI=1S/C12H14ClNO3.C2H6/c1-3-16-12(15)5-4-6-17-10-7-11(13)14-8-9(10)2;1-2/h4-5,7-8H,3,6H2,1-2H3;1-2H3/b5-4+;. The van der Waals surface area contributed by atoms with Crippen molar-refractivity contribution in [3.05, 3.63) is 35.1 Å². The molecule has 0 aromatic carbocycles. The third-order valence-corrected chi connectivity index (χ3v) is 2.10. The van der Waals surface area contributed by atoms with E-state index in [1.807, 2.05) is 20.8 Å². The molecule has 0 fully saturated rings. The van der Waals surface area contributed by atoms with Gasteiger partial charge in [0.1, 0.15) is 17.5 Å². The second-order valence-corrected chi connectivity index (χ2v) is 3.63. The normalized spacial score (nSPS) is 9.74. The van der Waals surface area contributed by atoms with Crippen molar-refractivity contribution in [3.63, 3.8) is 0 Å². The Morgan fingerprint density at radius 3 is 2.79 bits per heavy atom. The van der Waals surface area contributed by atoms with Crippen molar-refractivity contribution in [2.24, 2.45) is 0 Å². The second-order valence-electron chi connectivity index (χ2n) is 3.24. The molecule has 106 valence electrons. The zero-order valence-electron chi connectivity index (χ0n) is 11.8. The summed E-state index contributed by atoms with van der Waals surface area (Å²) in [5.74, 6) is 0.277. The maximum Gasteiger partial charge on any atom is 0.330 e. The Labute approximate surface area is 119 Å². The number of hydrogen-bond donors (Lipinski definition) is 0. The summed E-state index contributed by atoms with van der Waals surface area (Å²) in [5, 5.41) is 0.375. The number of esters is 1. The Morgan fingerprint density at radius 2 is 2.16 bits per heavy atom. The molecule has 1 aromatic heterocycles. The van der Waals surface area contributed by atoms with Crippen molar-refractivity contribution >= 4 is 17.6 Å². The van der Waals surface area contributed by atoms with E-state index in [4.69, 9.17) is 21.1 Å². The summed E-state index contributed by atoms with van der Waals surface area (Å²) in [6.45, 7) is 8.27. The molecule has 0 aliphatic heterocycles. The smallest absolute Gasteiger partial charge is 0.330 e. The molecule has 0 bridgehead atoms. The minimum absolute atomic E-state index is 0.278. The van der Waals surface area contributed by atoms with E-state index in [1.54, 1.807) is 25.3 Å². The fourth-order valence-corrected chi connectivity index (χ4v) is 1.26. The molecule has 0 unspecified atom stereocenters. The summed E-state index contributed by atoms with van der Waals surface area (Å²) >= 11 is 5.74. The molecule has 1 heterocycles. The number of rotatable bonds is 5. The molecule has 0 aliphatic rings. The van der Waals surface area contributed by atoms with Crippen LogP contribution in [0.25, 0.3) is 0 Å². The highest BCUT2D eigenvalue weighted by molar-refractivity contribution is 6.29. The van der Waals surface area contributed by atoms with Crippen LogP contribution in [0.1, 0.15) is 26.3 Å². The predicted molar refractivity (Wildman–Crippen MR) is 76.6 cm³/mol. The number of halogens is 1. The number of pyridine rings is 1. The molecular formula is C14H20ClNO3. The number of hydrogen-bond acceptors (Lipinski definition) is 4. The second kappa shape index (κ2) is 10.4. The van der Waals surface area contributed by atoms with Crippen molar-refractivity contribution < 1.29 is 14.3 Å². The lowest BCUT2D eigenvalue weighted by Gasteiger charge is -2.06. The zero-order chi connectivity index (χ0) is 14.7. The summed E-state index contributed by atoms with van der Waals surface area (Å²) in [6.07, 6.45) is 4.56. The Balaban J connectivity index is 0.00000154. The first-order valence-electron chi connectivity index (χ1n) is 6.21. The Hall–Kier alpha value is -1.55. The van der Waals surface area contributed by atoms with Gasteiger partial charge in [0.15, 0.2) is 0 Å². The third-order valence-electron chi connectivity index (χ3n) is 1.90. The average molecular weight is 286 g/mol. The van der Waals surface area contributed by atoms with Crippen LogP contribution in [0.3, 0.4) is 0 Å². The van der Waals surface area contributed by atoms with Gasteiger partial charge in [0.25, 0.3) is 0 Å². The summed E-state index contributed by atoms with van der Waals surface area (Å²) in [7, 11) is 0. The molecule has 0 radical (unpaired) electrons. The topological polar surface area (TPSA) is 48.4 Å². The minimum atomic E-state index is -0.374. The van der Waals surface area contributed by atoms with Gasteiger partial charge in [0, 0.05) is 23.9 Å². The Kier molecular flexibility index (Phi) is 9.53. The van der Waals surface area contributed by atoms with E-state index in [0.29, 0.717) is 17.5 Å². The van der Waals surface area contributed by atoms with Gasteiger partial charge in [-0.3, -0.25) is 0 Å². The van der Waals surface area contributed by atoms with Crippen molar-refractivity contribution in [2.75, 3.05) is 13.2 Å². The highest BCUT2D eigenvalue weighted by atomic mass is 35.5. The first-order chi connectivity index (χ1) is 9.13. The molecule has 0 atom stereocenters. The molecule has 5 heteroatoms. The van der Waals surface area contributed by atoms with Gasteiger partial charge in [-0.15, -0.1) is 0 Å². The zero-order valence-corrected chi connectivity index (χ0v) is 12.5. The van der Waals surface area contributed by atoms with Crippen LogP contribution in [0.15, 0.2) is 24.4 Å². The molecule has 0 N–H and O–H groups in total. The lowest BCUT2D eigenvalue weighted by atomic mass is 10.3. The third kappa shape index (κ3) is 7.47. The van der Waals surface area contributed by atoms with Gasteiger partial charge >= 0.3 is 5.97 Å². The number of aryl methyl sites for hydroxylation is 1. The van der Waals surface area contributed by atoms with Gasteiger partial charge in [-0.2, -0.15) is 0 Å². The Morgan fingerprint density at radius 1 is 1.47 bits per heavy atom. The minimum Gasteiger partial charge on any atom is -0.489 e. The number of carbonyl (C=O) groups is 1. The first-order valence-corrected chi connectivity index (χ1v) is 6.59. The molecule has 0 aliphatic carbocycles. The van der Waals surface area contributed by atoms with Crippen molar-refractivity contribution in [2.45, 2.75) is 27.7 Å². The van der Waals surface area contributed by atoms with E-state index >= 15 is 0 Å². The molecule has 4 nitrogen and oxygen atoms in total. The molecule has 1 rings (SSSR count). The lowest BCUT2D eigenvalue weighted by molar-refractivity contribution is -0.137. The highest BCUT2D eigenvalue weighted by Gasteiger charge is 2.00. The molecule has 0 saturated carbocycles. The van der Waals surface area contributed by atoms with Gasteiger partial charge in [0.05, 0.1) is 6.61 Å². The van der Waals surface area contributed by atoms with Crippen LogP contribution in [0.5, 0.6) is 5.75 Å². The van der Waals surface area contributed by atoms with E-state index in [9.17, 15) is 4.79 Å². The molecular weight excluding hydrogens is 266 g/mol. The van der Waals surface area contributed by atoms with E-state index in [1.165, 1.54) is 6.08 Å². The molecule has 19 heavy (non-hydrogen) atoms. The lowest BCUT2D eigenvalue weighted by Crippen LogP contribution is -2.01. The van der Waals surface area contributed by atoms with E-state index < -0.39 is 0 Å². The van der Waals surface area contributed by atoms with Crippen LogP contribution < -0.4 is 4.74 Å². The average Bonchev–Trinajstić information content (AvgIpc) is 2.41. The molecule has 0 amide bonds. The van der Waals surface area contributed by atoms with Gasteiger partial charge in [0.2, 0.25) is 0 Å². The number of carbonyl (C=O) groups excluding carboxylic acids is 1. The SMILES string of the molecule is CC.CCOC(=O)/C=C/COc1cc(Cl)ncc1C. The van der Waals surface area contributed by atoms with E-state index in [-0.39, 0.29) is 12.6 Å². The van der Waals surface area contributed by atoms with Crippen LogP contribution in [-0.2, 0) is 9.53 Å². The van der Waals surface area contributed by atoms with E-state index in [0.717, 1.165) is 5.56 Å². The summed E-state index contributed by atoms with van der Waals surface area (Å²) < 4.78 is 10.2. The predicted octanol–water partition coefficient (Wildman–Crippen LogP) is 3.57. The summed E-state index contributed by atoms with van der Waals surface area (Å²) in [5.41, 5.74) is 0.888. The number of nitrogens with zero attached hydrogens (tertiary/aromatic N) is 1. The van der Waals surface area contributed by atoms with Crippen LogP contribution in [0, 0.1) is 6.92 Å². The molecule has 0 spiro atoms. The van der Waals surface area contributed by atoms with Crippen LogP contribution >= 0.6 is 11.6 Å². The van der Waals surface area contributed by atoms with Crippen molar-refractivity contribution in [1.29, 1.82) is 0 Å². The summed E-state index contributed by atoms with van der Waals surface area (Å²) in [6, 6.07) is 1.63. The quantitative estimate of drug-likeness (QED) is 0.471. The maximum absolute atomic E-state index is 11.0. The maximum atomic E-state index is 11.0. The van der Waals surface area contributed by atoms with E-state index in [2.05, 4.69) is 4.98 Å². The highest BCUT2D eigenvalue weighted by Crippen LogP contribution is 2.19. The fourth-order valence-electron chi connectivity index (χ4n) is 1.11. The summed E-state index contributed by atoms with van der Waals surface area (Å²) in [4.78, 5) is 14.9. The number of ether oxygens (including phenoxy) is 2. The van der Waals surface area contributed by atoms with Gasteiger partial charge in [-0.25, -0.2) is 9.78 Å². The van der Waals surface area contributed by atoms with Crippen molar-refractivity contribution in [1.82, 2.24) is 4.98 Å². The fraction of sp³-hybridized carbons (Fsp3) is 0.429. The van der Waals surface area contributed by atoms with Crippen molar-refractivity contribution in [3.8, 4) is 5.75 Å². The van der Waals surface area contributed by atoms with Crippen LogP contribution in [-0.4, -0.2) is 24.2 Å². The number of aromatic nitrogens is 1. The van der Waals surface area contributed by atoms with Gasteiger partial charge in [-0.1, -0.05) is 25.4 Å². The molecule has 1 aromatic rings. The van der Waals surface area contributed by atoms with Crippen LogP contribution in [0.4, 0.5) is 0 Å². The van der Waals surface area contributed by atoms with Gasteiger partial charge in [-0.05, 0) is 19.9 Å². The van der Waals surface area contributed by atoms with Gasteiger partial charge < -0.3 is 9.47 Å². The van der Waals surface area contributed by atoms with Crippen LogP contribution in [0.2, 0.25) is 5.15 Å².